The van der Waals surface area contributed by atoms with Crippen LogP contribution in [-0.4, -0.2) is 10.2 Å². The molecule has 0 spiro atoms. The van der Waals surface area contributed by atoms with Gasteiger partial charge in [-0.05, 0) is 11.6 Å². The van der Waals surface area contributed by atoms with E-state index in [9.17, 15) is 13.6 Å². The van der Waals surface area contributed by atoms with Crippen molar-refractivity contribution < 1.29 is 13.6 Å². The summed E-state index contributed by atoms with van der Waals surface area (Å²) in [4.78, 5) is 14.1. The van der Waals surface area contributed by atoms with Crippen LogP contribution in [0.15, 0.2) is 6.20 Å². The van der Waals surface area contributed by atoms with Crippen molar-refractivity contribution in [2.45, 2.75) is 6.43 Å². The Morgan fingerprint density at radius 1 is 1.50 bits per heavy atom. The number of rotatable bonds is 2. The molecule has 0 saturated heterocycles. The number of pyridine rings is 1. The van der Waals surface area contributed by atoms with Gasteiger partial charge >= 0.3 is 0 Å². The van der Waals surface area contributed by atoms with E-state index >= 15 is 0 Å². The van der Waals surface area contributed by atoms with Crippen molar-refractivity contribution in [2.24, 2.45) is 0 Å². The molecule has 4 N–H and O–H groups in total. The molecular weight excluding hydrogens is 216 g/mol. The number of anilines is 2. The third kappa shape index (κ3) is 1.74. The highest BCUT2D eigenvalue weighted by molar-refractivity contribution is 6.68. The van der Waals surface area contributed by atoms with E-state index < -0.39 is 28.7 Å². The second kappa shape index (κ2) is 3.75. The van der Waals surface area contributed by atoms with E-state index in [2.05, 4.69) is 4.98 Å². The van der Waals surface area contributed by atoms with Gasteiger partial charge in [0.25, 0.3) is 11.7 Å². The lowest BCUT2D eigenvalue weighted by atomic mass is 10.1. The van der Waals surface area contributed by atoms with Crippen LogP contribution in [0.25, 0.3) is 0 Å². The van der Waals surface area contributed by atoms with E-state index in [0.717, 1.165) is 6.20 Å². The molecule has 0 radical (unpaired) electrons. The van der Waals surface area contributed by atoms with Gasteiger partial charge < -0.3 is 11.5 Å². The Morgan fingerprint density at radius 3 is 2.50 bits per heavy atom. The van der Waals surface area contributed by atoms with Crippen molar-refractivity contribution in [2.75, 3.05) is 11.5 Å². The fraction of sp³-hybridized carbons (Fsp3) is 0.143. The molecule has 4 nitrogen and oxygen atoms in total. The Labute approximate surface area is 82.9 Å². The average Bonchev–Trinajstić information content (AvgIpc) is 2.02. The Hall–Kier alpha value is -1.43. The first-order valence-corrected chi connectivity index (χ1v) is 3.84. The Kier molecular flexibility index (Phi) is 2.85. The van der Waals surface area contributed by atoms with Crippen LogP contribution >= 0.6 is 11.6 Å². The van der Waals surface area contributed by atoms with Gasteiger partial charge in [-0.15, -0.1) is 0 Å². The van der Waals surface area contributed by atoms with Crippen LogP contribution in [0, 0.1) is 0 Å². The van der Waals surface area contributed by atoms with Gasteiger partial charge in [0.1, 0.15) is 5.82 Å². The summed E-state index contributed by atoms with van der Waals surface area (Å²) in [7, 11) is 0. The lowest BCUT2D eigenvalue weighted by Crippen LogP contribution is -2.08. The molecule has 14 heavy (non-hydrogen) atoms. The van der Waals surface area contributed by atoms with E-state index in [1.54, 1.807) is 0 Å². The monoisotopic (exact) mass is 221 g/mol. The van der Waals surface area contributed by atoms with Gasteiger partial charge in [-0.3, -0.25) is 4.79 Å². The van der Waals surface area contributed by atoms with Crippen molar-refractivity contribution in [1.82, 2.24) is 4.98 Å². The van der Waals surface area contributed by atoms with E-state index in [1.165, 1.54) is 0 Å². The van der Waals surface area contributed by atoms with Crippen LogP contribution in [0.2, 0.25) is 0 Å². The summed E-state index contributed by atoms with van der Waals surface area (Å²) >= 11 is 5.09. The highest BCUT2D eigenvalue weighted by Crippen LogP contribution is 2.31. The van der Waals surface area contributed by atoms with E-state index in [1.807, 2.05) is 0 Å². The molecule has 0 aliphatic rings. The minimum atomic E-state index is -2.89. The first-order valence-electron chi connectivity index (χ1n) is 3.47. The Balaban J connectivity index is 3.41. The smallest absolute Gasteiger partial charge is 0.269 e. The van der Waals surface area contributed by atoms with Crippen molar-refractivity contribution in [3.8, 4) is 0 Å². The van der Waals surface area contributed by atoms with Gasteiger partial charge in [-0.1, -0.05) is 0 Å². The number of carbonyl (C=O) groups excluding carboxylic acids is 1. The zero-order valence-electron chi connectivity index (χ0n) is 6.80. The maximum Gasteiger partial charge on any atom is 0.269 e. The quantitative estimate of drug-likeness (QED) is 0.743. The second-order valence-corrected chi connectivity index (χ2v) is 2.80. The number of hydrogen-bond donors (Lipinski definition) is 2. The van der Waals surface area contributed by atoms with Gasteiger partial charge in [0.05, 0.1) is 16.8 Å². The molecule has 7 heteroatoms. The molecule has 0 aliphatic heterocycles. The van der Waals surface area contributed by atoms with Crippen molar-refractivity contribution >= 4 is 28.3 Å². The zero-order chi connectivity index (χ0) is 10.9. The topological polar surface area (TPSA) is 82.0 Å². The van der Waals surface area contributed by atoms with Crippen LogP contribution in [0.1, 0.15) is 22.3 Å². The summed E-state index contributed by atoms with van der Waals surface area (Å²) in [5.74, 6) is -0.404. The van der Waals surface area contributed by atoms with Crippen LogP contribution in [0.5, 0.6) is 0 Å². The van der Waals surface area contributed by atoms with Crippen molar-refractivity contribution in [3.05, 3.63) is 17.3 Å². The molecular formula is C7H6ClF2N3O. The molecule has 76 valence electrons. The maximum absolute atomic E-state index is 12.4. The molecule has 1 aromatic heterocycles. The van der Waals surface area contributed by atoms with Gasteiger partial charge in [-0.25, -0.2) is 13.8 Å². The number of carbonyl (C=O) groups is 1. The van der Waals surface area contributed by atoms with Gasteiger partial charge in [0, 0.05) is 6.20 Å². The summed E-state index contributed by atoms with van der Waals surface area (Å²) in [5.41, 5.74) is 9.10. The van der Waals surface area contributed by atoms with Gasteiger partial charge in [0.15, 0.2) is 0 Å². The van der Waals surface area contributed by atoms with Crippen molar-refractivity contribution in [3.63, 3.8) is 0 Å². The first-order chi connectivity index (χ1) is 6.45. The molecule has 0 unspecified atom stereocenters. The lowest BCUT2D eigenvalue weighted by Gasteiger charge is -2.09. The summed E-state index contributed by atoms with van der Waals surface area (Å²) < 4.78 is 24.8. The van der Waals surface area contributed by atoms with Crippen LogP contribution in [-0.2, 0) is 0 Å². The lowest BCUT2D eigenvalue weighted by molar-refractivity contribution is 0.108. The highest BCUT2D eigenvalue weighted by Gasteiger charge is 2.21. The molecule has 0 fully saturated rings. The number of hydrogen-bond acceptors (Lipinski definition) is 4. The van der Waals surface area contributed by atoms with Crippen LogP contribution < -0.4 is 11.5 Å². The SMILES string of the molecule is Nc1ncc(C(=O)Cl)c(N)c1C(F)F. The predicted octanol–water partition coefficient (Wildman–Crippen LogP) is 1.56. The third-order valence-electron chi connectivity index (χ3n) is 1.62. The molecule has 0 bridgehead atoms. The first kappa shape index (κ1) is 10.6. The second-order valence-electron chi connectivity index (χ2n) is 2.46. The largest absolute Gasteiger partial charge is 0.398 e. The van der Waals surface area contributed by atoms with Crippen LogP contribution in [0.3, 0.4) is 0 Å². The summed E-state index contributed by atoms with van der Waals surface area (Å²) in [6.07, 6.45) is -1.93. The number of aromatic nitrogens is 1. The van der Waals surface area contributed by atoms with E-state index in [4.69, 9.17) is 23.1 Å². The molecule has 0 amide bonds. The van der Waals surface area contributed by atoms with Gasteiger partial charge in [-0.2, -0.15) is 0 Å². The number of halogens is 3. The van der Waals surface area contributed by atoms with E-state index in [0.29, 0.717) is 0 Å². The van der Waals surface area contributed by atoms with E-state index in [-0.39, 0.29) is 5.56 Å². The average molecular weight is 222 g/mol. The predicted molar refractivity (Wildman–Crippen MR) is 48.2 cm³/mol. The Morgan fingerprint density at radius 2 is 2.07 bits per heavy atom. The molecule has 0 saturated carbocycles. The van der Waals surface area contributed by atoms with Crippen molar-refractivity contribution in [1.29, 1.82) is 0 Å². The highest BCUT2D eigenvalue weighted by atomic mass is 35.5. The summed E-state index contributed by atoms with van der Waals surface area (Å²) in [6, 6.07) is 0. The fourth-order valence-corrected chi connectivity index (χ4v) is 1.09. The number of alkyl halides is 2. The molecule has 1 aromatic rings. The molecule has 1 heterocycles. The number of nitrogens with two attached hydrogens (primary N) is 2. The minimum Gasteiger partial charge on any atom is -0.398 e. The minimum absolute atomic E-state index is 0.267. The summed E-state index contributed by atoms with van der Waals surface area (Å²) in [5, 5.41) is -0.947. The third-order valence-corrected chi connectivity index (χ3v) is 1.82. The van der Waals surface area contributed by atoms with Gasteiger partial charge in [0.2, 0.25) is 0 Å². The Bertz CT molecular complexity index is 383. The fourth-order valence-electron chi connectivity index (χ4n) is 0.942. The maximum atomic E-state index is 12.4. The number of nitrogen functional groups attached to an aromatic ring is 2. The standard InChI is InChI=1S/C7H6ClF2N3O/c8-5(14)2-1-13-7(12)3(4(2)11)6(9)10/h1,6H,(H4,11,12,13). The molecule has 1 rings (SSSR count). The molecule has 0 atom stereocenters. The number of nitrogens with zero attached hydrogens (tertiary/aromatic N) is 1. The molecule has 0 aromatic carbocycles. The summed E-state index contributed by atoms with van der Waals surface area (Å²) in [6.45, 7) is 0. The van der Waals surface area contributed by atoms with Crippen LogP contribution in [0.4, 0.5) is 20.3 Å². The normalized spacial score (nSPS) is 10.6. The molecule has 0 aliphatic carbocycles. The zero-order valence-corrected chi connectivity index (χ0v) is 7.55.